The molecule has 204 valence electrons. The van der Waals surface area contributed by atoms with Gasteiger partial charge < -0.3 is 19.5 Å². The van der Waals surface area contributed by atoms with Gasteiger partial charge in [0.15, 0.2) is 0 Å². The zero-order valence-corrected chi connectivity index (χ0v) is 24.4. The molecule has 38 heavy (non-hydrogen) atoms. The topological polar surface area (TPSA) is 39.7 Å². The molecule has 2 unspecified atom stereocenters. The summed E-state index contributed by atoms with van der Waals surface area (Å²) >= 11 is 6.21. The smallest absolute Gasteiger partial charge is 0.132 e. The summed E-state index contributed by atoms with van der Waals surface area (Å²) in [6.07, 6.45) is 1.54. The molecule has 1 aliphatic rings. The minimum Gasteiger partial charge on any atom is -0.485 e. The van der Waals surface area contributed by atoms with E-state index in [9.17, 15) is 0 Å². The highest BCUT2D eigenvalue weighted by Crippen LogP contribution is 2.44. The van der Waals surface area contributed by atoms with E-state index in [1.807, 2.05) is 30.3 Å². The van der Waals surface area contributed by atoms with Crippen molar-refractivity contribution in [3.63, 3.8) is 0 Å². The Bertz CT molecular complexity index is 1200. The van der Waals surface area contributed by atoms with Crippen LogP contribution in [0.2, 0.25) is 5.02 Å². The Morgan fingerprint density at radius 1 is 0.947 bits per heavy atom. The first-order valence-electron chi connectivity index (χ1n) is 13.7. The summed E-state index contributed by atoms with van der Waals surface area (Å²) in [4.78, 5) is 0. The molecular weight excluding hydrogens is 494 g/mol. The van der Waals surface area contributed by atoms with Crippen LogP contribution in [0.1, 0.15) is 82.7 Å². The van der Waals surface area contributed by atoms with Crippen LogP contribution in [-0.4, -0.2) is 18.3 Å². The summed E-state index contributed by atoms with van der Waals surface area (Å²) in [6.45, 7) is 14.9. The average molecular weight is 536 g/mol. The quantitative estimate of drug-likeness (QED) is 0.263. The van der Waals surface area contributed by atoms with Gasteiger partial charge in [-0.3, -0.25) is 0 Å². The van der Waals surface area contributed by atoms with Crippen molar-refractivity contribution in [2.75, 3.05) is 11.9 Å². The van der Waals surface area contributed by atoms with E-state index in [0.29, 0.717) is 18.2 Å². The van der Waals surface area contributed by atoms with Gasteiger partial charge in [0.2, 0.25) is 0 Å². The Balaban J connectivity index is 1.54. The summed E-state index contributed by atoms with van der Waals surface area (Å²) < 4.78 is 19.5. The Morgan fingerprint density at radius 3 is 2.39 bits per heavy atom. The van der Waals surface area contributed by atoms with E-state index >= 15 is 0 Å². The number of hydrogen-bond donors (Lipinski definition) is 1. The van der Waals surface area contributed by atoms with Gasteiger partial charge in [-0.2, -0.15) is 0 Å². The third-order valence-corrected chi connectivity index (χ3v) is 7.32. The molecule has 0 amide bonds. The molecule has 4 rings (SSSR count). The van der Waals surface area contributed by atoms with Crippen molar-refractivity contribution in [2.24, 2.45) is 0 Å². The maximum Gasteiger partial charge on any atom is 0.132 e. The van der Waals surface area contributed by atoms with Gasteiger partial charge in [0.1, 0.15) is 23.6 Å². The maximum absolute atomic E-state index is 6.52. The second-order valence-electron chi connectivity index (χ2n) is 11.8. The van der Waals surface area contributed by atoms with Crippen LogP contribution in [0.3, 0.4) is 0 Å². The van der Waals surface area contributed by atoms with Crippen LogP contribution in [0.4, 0.5) is 5.69 Å². The molecule has 0 aliphatic carbocycles. The lowest BCUT2D eigenvalue weighted by atomic mass is 9.87. The Hall–Kier alpha value is -2.53. The maximum atomic E-state index is 6.52. The molecule has 2 atom stereocenters. The first-order chi connectivity index (χ1) is 18.1. The standard InChI is InChI=1S/C33H42ClNO3/c1-7-8-18-36-30-28-20-27(35-21-23-12-14-25(15-13-23)32(2,3)4)16-17-29(28)38-33(5,6)31(30)37-22-24-10-9-11-26(34)19-24/h9-17,19-20,30-31,35H,7-8,18,21-22H2,1-6H3. The molecule has 0 fully saturated rings. The lowest BCUT2D eigenvalue weighted by molar-refractivity contribution is -0.167. The van der Waals surface area contributed by atoms with Gasteiger partial charge in [0.25, 0.3) is 0 Å². The van der Waals surface area contributed by atoms with Gasteiger partial charge in [-0.1, -0.05) is 82.1 Å². The molecule has 0 spiro atoms. The van der Waals surface area contributed by atoms with Gasteiger partial charge in [-0.05, 0) is 72.7 Å². The second-order valence-corrected chi connectivity index (χ2v) is 12.2. The molecule has 0 radical (unpaired) electrons. The van der Waals surface area contributed by atoms with E-state index in [1.54, 1.807) is 0 Å². The van der Waals surface area contributed by atoms with E-state index in [2.05, 4.69) is 83.3 Å². The predicted molar refractivity (Wildman–Crippen MR) is 157 cm³/mol. The van der Waals surface area contributed by atoms with E-state index in [1.165, 1.54) is 11.1 Å². The number of benzene rings is 3. The van der Waals surface area contributed by atoms with Crippen molar-refractivity contribution in [3.8, 4) is 5.75 Å². The number of ether oxygens (including phenoxy) is 3. The second kappa shape index (κ2) is 12.1. The van der Waals surface area contributed by atoms with Crippen LogP contribution in [0.25, 0.3) is 0 Å². The SMILES string of the molecule is CCCCOC1c2cc(NCc3ccc(C(C)(C)C)cc3)ccc2OC(C)(C)C1OCc1cccc(Cl)c1. The summed E-state index contributed by atoms with van der Waals surface area (Å²) in [7, 11) is 0. The molecule has 1 N–H and O–H groups in total. The molecular formula is C33H42ClNO3. The van der Waals surface area contributed by atoms with E-state index in [4.69, 9.17) is 25.8 Å². The van der Waals surface area contributed by atoms with E-state index in [0.717, 1.165) is 42.0 Å². The van der Waals surface area contributed by atoms with Gasteiger partial charge in [0, 0.05) is 29.4 Å². The van der Waals surface area contributed by atoms with Crippen LogP contribution in [0, 0.1) is 0 Å². The summed E-state index contributed by atoms with van der Waals surface area (Å²) in [6, 6.07) is 22.9. The molecule has 0 bridgehead atoms. The highest BCUT2D eigenvalue weighted by Gasteiger charge is 2.45. The lowest BCUT2D eigenvalue weighted by Gasteiger charge is -2.44. The van der Waals surface area contributed by atoms with Crippen LogP contribution in [-0.2, 0) is 28.0 Å². The first-order valence-corrected chi connectivity index (χ1v) is 14.1. The monoisotopic (exact) mass is 535 g/mol. The van der Waals surface area contributed by atoms with Gasteiger partial charge in [-0.25, -0.2) is 0 Å². The number of halogens is 1. The van der Waals surface area contributed by atoms with Gasteiger partial charge in [0.05, 0.1) is 6.61 Å². The highest BCUT2D eigenvalue weighted by atomic mass is 35.5. The van der Waals surface area contributed by atoms with Gasteiger partial charge in [-0.15, -0.1) is 0 Å². The third-order valence-electron chi connectivity index (χ3n) is 7.08. The number of anilines is 1. The van der Waals surface area contributed by atoms with Crippen molar-refractivity contribution < 1.29 is 14.2 Å². The summed E-state index contributed by atoms with van der Waals surface area (Å²) in [5, 5.41) is 4.29. The minimum absolute atomic E-state index is 0.149. The van der Waals surface area contributed by atoms with Crippen molar-refractivity contribution in [2.45, 2.75) is 90.8 Å². The Morgan fingerprint density at radius 2 is 1.71 bits per heavy atom. The van der Waals surface area contributed by atoms with Crippen LogP contribution in [0.15, 0.2) is 66.7 Å². The number of hydrogen-bond acceptors (Lipinski definition) is 4. The first kappa shape index (κ1) is 28.5. The third kappa shape index (κ3) is 7.11. The minimum atomic E-state index is -0.563. The predicted octanol–water partition coefficient (Wildman–Crippen LogP) is 8.86. The number of rotatable bonds is 10. The van der Waals surface area contributed by atoms with Crippen molar-refractivity contribution in [3.05, 3.63) is 94.0 Å². The van der Waals surface area contributed by atoms with Crippen molar-refractivity contribution in [1.29, 1.82) is 0 Å². The largest absolute Gasteiger partial charge is 0.485 e. The fraction of sp³-hybridized carbons (Fsp3) is 0.455. The molecule has 0 aromatic heterocycles. The fourth-order valence-corrected chi connectivity index (χ4v) is 5.02. The Kier molecular flexibility index (Phi) is 9.07. The highest BCUT2D eigenvalue weighted by molar-refractivity contribution is 6.30. The van der Waals surface area contributed by atoms with E-state index < -0.39 is 5.60 Å². The molecule has 1 heterocycles. The van der Waals surface area contributed by atoms with Crippen molar-refractivity contribution >= 4 is 17.3 Å². The molecule has 4 nitrogen and oxygen atoms in total. The molecule has 5 heteroatoms. The molecule has 0 saturated heterocycles. The molecule has 3 aromatic rings. The zero-order valence-electron chi connectivity index (χ0n) is 23.6. The molecule has 3 aromatic carbocycles. The Labute approximate surface area is 233 Å². The van der Waals surface area contributed by atoms with Crippen LogP contribution < -0.4 is 10.1 Å². The zero-order chi connectivity index (χ0) is 27.3. The van der Waals surface area contributed by atoms with Crippen LogP contribution in [0.5, 0.6) is 5.75 Å². The van der Waals surface area contributed by atoms with E-state index in [-0.39, 0.29) is 17.6 Å². The normalized spacial score (nSPS) is 18.5. The molecule has 1 aliphatic heterocycles. The van der Waals surface area contributed by atoms with Crippen LogP contribution >= 0.6 is 11.6 Å². The van der Waals surface area contributed by atoms with Gasteiger partial charge >= 0.3 is 0 Å². The fourth-order valence-electron chi connectivity index (χ4n) is 4.80. The number of unbranched alkanes of at least 4 members (excludes halogenated alkanes) is 1. The lowest BCUT2D eigenvalue weighted by Crippen LogP contribution is -2.51. The van der Waals surface area contributed by atoms with Crippen molar-refractivity contribution in [1.82, 2.24) is 0 Å². The molecule has 0 saturated carbocycles. The number of nitrogens with one attached hydrogen (secondary N) is 1. The number of fused-ring (bicyclic) bond motifs is 1. The average Bonchev–Trinajstić information content (AvgIpc) is 2.86. The summed E-state index contributed by atoms with van der Waals surface area (Å²) in [5.41, 5.74) is 5.24. The summed E-state index contributed by atoms with van der Waals surface area (Å²) in [5.74, 6) is 0.846.